The zero-order chi connectivity index (χ0) is 26.9. The molecule has 3 aromatic rings. The van der Waals surface area contributed by atoms with Gasteiger partial charge in [0, 0.05) is 18.3 Å². The number of esters is 1. The highest BCUT2D eigenvalue weighted by Crippen LogP contribution is 2.44. The standard InChI is InChI=1S/C27H26Cl2N2O6/c1-14-12-20-22(26(32)31(14)11-10-15-8-9-18(34-2)19(13-15)35-3)21(16-6-5-7-17(28)24(16)29)23(25(30)37-20)27(33)36-4/h5-9,12-13,21H,10-11,30H2,1-4H3. The van der Waals surface area contributed by atoms with Gasteiger partial charge in [-0.25, -0.2) is 4.79 Å². The molecule has 1 aliphatic heterocycles. The van der Waals surface area contributed by atoms with Gasteiger partial charge in [0.05, 0.1) is 42.9 Å². The molecule has 0 spiro atoms. The molecule has 1 atom stereocenters. The summed E-state index contributed by atoms with van der Waals surface area (Å²) in [6, 6.07) is 12.3. The summed E-state index contributed by atoms with van der Waals surface area (Å²) in [4.78, 5) is 26.8. The van der Waals surface area contributed by atoms with Crippen LogP contribution in [0.2, 0.25) is 10.0 Å². The average Bonchev–Trinajstić information content (AvgIpc) is 2.88. The Morgan fingerprint density at radius 2 is 1.81 bits per heavy atom. The third kappa shape index (κ3) is 4.86. The lowest BCUT2D eigenvalue weighted by Gasteiger charge is -2.29. The number of pyridine rings is 1. The molecule has 1 unspecified atom stereocenters. The van der Waals surface area contributed by atoms with Gasteiger partial charge in [-0.05, 0) is 42.7 Å². The van der Waals surface area contributed by atoms with E-state index in [1.165, 1.54) is 7.11 Å². The summed E-state index contributed by atoms with van der Waals surface area (Å²) in [6.45, 7) is 2.16. The van der Waals surface area contributed by atoms with Crippen LogP contribution in [0.25, 0.3) is 0 Å². The van der Waals surface area contributed by atoms with E-state index in [2.05, 4.69) is 0 Å². The number of benzene rings is 2. The molecule has 1 aromatic heterocycles. The molecule has 8 nitrogen and oxygen atoms in total. The number of aromatic nitrogens is 1. The van der Waals surface area contributed by atoms with E-state index in [1.807, 2.05) is 18.2 Å². The molecular weight excluding hydrogens is 519 g/mol. The monoisotopic (exact) mass is 544 g/mol. The zero-order valence-corrected chi connectivity index (χ0v) is 22.3. The molecule has 0 radical (unpaired) electrons. The molecule has 2 heterocycles. The fraction of sp³-hybridized carbons (Fsp3) is 0.259. The fourth-order valence-electron chi connectivity index (χ4n) is 4.50. The highest BCUT2D eigenvalue weighted by molar-refractivity contribution is 6.42. The Morgan fingerprint density at radius 1 is 1.08 bits per heavy atom. The first kappa shape index (κ1) is 26.4. The van der Waals surface area contributed by atoms with Gasteiger partial charge < -0.3 is 29.2 Å². The maximum absolute atomic E-state index is 14.0. The highest BCUT2D eigenvalue weighted by Gasteiger charge is 2.39. The largest absolute Gasteiger partial charge is 0.493 e. The Balaban J connectivity index is 1.84. The second kappa shape index (κ2) is 10.8. The van der Waals surface area contributed by atoms with Gasteiger partial charge in [-0.15, -0.1) is 0 Å². The van der Waals surface area contributed by atoms with Crippen LogP contribution in [0.4, 0.5) is 0 Å². The molecule has 4 rings (SSSR count). The third-order valence-electron chi connectivity index (χ3n) is 6.34. The minimum absolute atomic E-state index is 0.0217. The average molecular weight is 545 g/mol. The Labute approximate surface area is 224 Å². The van der Waals surface area contributed by atoms with Crippen molar-refractivity contribution in [1.82, 2.24) is 4.57 Å². The molecule has 10 heteroatoms. The van der Waals surface area contributed by atoms with Crippen LogP contribution in [0.15, 0.2) is 58.7 Å². The Bertz CT molecular complexity index is 1460. The van der Waals surface area contributed by atoms with Gasteiger partial charge in [0.15, 0.2) is 11.5 Å². The van der Waals surface area contributed by atoms with Crippen LogP contribution in [0.3, 0.4) is 0 Å². The van der Waals surface area contributed by atoms with Crippen LogP contribution in [0.1, 0.15) is 28.3 Å². The van der Waals surface area contributed by atoms with Gasteiger partial charge >= 0.3 is 5.97 Å². The lowest BCUT2D eigenvalue weighted by atomic mass is 9.83. The lowest BCUT2D eigenvalue weighted by molar-refractivity contribution is -0.136. The number of hydrogen-bond acceptors (Lipinski definition) is 7. The number of hydrogen-bond donors (Lipinski definition) is 1. The normalized spacial score (nSPS) is 14.6. The maximum Gasteiger partial charge on any atom is 0.340 e. The van der Waals surface area contributed by atoms with Crippen LogP contribution in [0, 0.1) is 6.92 Å². The minimum Gasteiger partial charge on any atom is -0.493 e. The smallest absolute Gasteiger partial charge is 0.340 e. The second-order valence-corrected chi connectivity index (χ2v) is 9.19. The van der Waals surface area contributed by atoms with Gasteiger partial charge in [0.25, 0.3) is 5.56 Å². The topological polar surface area (TPSA) is 102 Å². The Morgan fingerprint density at radius 3 is 2.49 bits per heavy atom. The van der Waals surface area contributed by atoms with Crippen molar-refractivity contribution in [2.45, 2.75) is 25.8 Å². The number of ether oxygens (including phenoxy) is 4. The van der Waals surface area contributed by atoms with Crippen LogP contribution < -0.4 is 25.5 Å². The number of carbonyl (C=O) groups excluding carboxylic acids is 1. The predicted octanol–water partition coefficient (Wildman–Crippen LogP) is 4.59. The van der Waals surface area contributed by atoms with E-state index < -0.39 is 11.9 Å². The third-order valence-corrected chi connectivity index (χ3v) is 7.17. The first-order valence-corrected chi connectivity index (χ1v) is 12.1. The molecule has 2 N–H and O–H groups in total. The van der Waals surface area contributed by atoms with Crippen molar-refractivity contribution in [3.63, 3.8) is 0 Å². The quantitative estimate of drug-likeness (QED) is 0.434. The van der Waals surface area contributed by atoms with Crippen molar-refractivity contribution in [2.24, 2.45) is 5.73 Å². The van der Waals surface area contributed by atoms with Crippen molar-refractivity contribution in [1.29, 1.82) is 0 Å². The second-order valence-electron chi connectivity index (χ2n) is 8.41. The minimum atomic E-state index is -0.942. The lowest BCUT2D eigenvalue weighted by Crippen LogP contribution is -2.35. The zero-order valence-electron chi connectivity index (χ0n) is 20.8. The number of fused-ring (bicyclic) bond motifs is 1. The molecule has 194 valence electrons. The molecule has 1 aliphatic rings. The molecule has 37 heavy (non-hydrogen) atoms. The van der Waals surface area contributed by atoms with E-state index in [9.17, 15) is 9.59 Å². The molecule has 0 bridgehead atoms. The van der Waals surface area contributed by atoms with Crippen molar-refractivity contribution in [3.8, 4) is 17.2 Å². The van der Waals surface area contributed by atoms with Crippen LogP contribution in [-0.4, -0.2) is 31.9 Å². The summed E-state index contributed by atoms with van der Waals surface area (Å²) < 4.78 is 23.1. The molecule has 0 saturated heterocycles. The summed E-state index contributed by atoms with van der Waals surface area (Å²) in [5.74, 6) is -0.379. The highest BCUT2D eigenvalue weighted by atomic mass is 35.5. The number of halogens is 2. The SMILES string of the molecule is COC(=O)C1=C(N)Oc2cc(C)n(CCc3ccc(OC)c(OC)c3)c(=O)c2C1c1cccc(Cl)c1Cl. The molecule has 2 aromatic carbocycles. The van der Waals surface area contributed by atoms with E-state index in [-0.39, 0.29) is 38.4 Å². The summed E-state index contributed by atoms with van der Waals surface area (Å²) in [6.07, 6.45) is 0.533. The van der Waals surface area contributed by atoms with E-state index in [4.69, 9.17) is 47.9 Å². The molecule has 0 aliphatic carbocycles. The Hall–Kier alpha value is -3.62. The maximum atomic E-state index is 14.0. The van der Waals surface area contributed by atoms with Crippen molar-refractivity contribution >= 4 is 29.2 Å². The summed E-state index contributed by atoms with van der Waals surface area (Å²) >= 11 is 12.8. The molecule has 0 saturated carbocycles. The molecule has 0 fully saturated rings. The van der Waals surface area contributed by atoms with E-state index in [0.29, 0.717) is 35.7 Å². The van der Waals surface area contributed by atoms with Crippen LogP contribution >= 0.6 is 23.2 Å². The fourth-order valence-corrected chi connectivity index (χ4v) is 4.92. The van der Waals surface area contributed by atoms with Crippen LogP contribution in [-0.2, 0) is 22.5 Å². The summed E-state index contributed by atoms with van der Waals surface area (Å²) in [5.41, 5.74) is 8.07. The van der Waals surface area contributed by atoms with Gasteiger partial charge in [-0.1, -0.05) is 41.4 Å². The Kier molecular flexibility index (Phi) is 7.71. The van der Waals surface area contributed by atoms with Gasteiger partial charge in [-0.2, -0.15) is 0 Å². The van der Waals surface area contributed by atoms with Gasteiger partial charge in [0.1, 0.15) is 11.3 Å². The van der Waals surface area contributed by atoms with Crippen molar-refractivity contribution in [3.05, 3.63) is 96.7 Å². The number of nitrogens with two attached hydrogens (primary N) is 1. The van der Waals surface area contributed by atoms with E-state index in [1.54, 1.807) is 50.0 Å². The first-order valence-electron chi connectivity index (χ1n) is 11.4. The summed E-state index contributed by atoms with van der Waals surface area (Å²) in [7, 11) is 4.37. The summed E-state index contributed by atoms with van der Waals surface area (Å²) in [5, 5.41) is 0.476. The van der Waals surface area contributed by atoms with Crippen molar-refractivity contribution in [2.75, 3.05) is 21.3 Å². The molecule has 0 amide bonds. The van der Waals surface area contributed by atoms with E-state index in [0.717, 1.165) is 5.56 Å². The predicted molar refractivity (Wildman–Crippen MR) is 141 cm³/mol. The molecular formula is C27H26Cl2N2O6. The number of aryl methyl sites for hydroxylation is 2. The number of nitrogens with zero attached hydrogens (tertiary/aromatic N) is 1. The van der Waals surface area contributed by atoms with Crippen molar-refractivity contribution < 1.29 is 23.7 Å². The number of methoxy groups -OCH3 is 3. The van der Waals surface area contributed by atoms with Gasteiger partial charge in [-0.3, -0.25) is 4.79 Å². The number of carbonyl (C=O) groups is 1. The number of rotatable bonds is 7. The first-order chi connectivity index (χ1) is 17.7. The van der Waals surface area contributed by atoms with E-state index >= 15 is 0 Å². The van der Waals surface area contributed by atoms with Crippen LogP contribution in [0.5, 0.6) is 17.2 Å². The van der Waals surface area contributed by atoms with Gasteiger partial charge in [0.2, 0.25) is 5.88 Å².